The summed E-state index contributed by atoms with van der Waals surface area (Å²) >= 11 is 5.90. The van der Waals surface area contributed by atoms with Gasteiger partial charge < -0.3 is 9.30 Å². The number of nitriles is 1. The standard InChI is InChI=1S/C13H14ClN3O/c1-2-18-6-5-17-12-7-10(9-15)3-4-11(12)16-13(17)8-14/h3-4,7H,2,5-6,8H2,1H3. The van der Waals surface area contributed by atoms with Crippen LogP contribution in [0.5, 0.6) is 0 Å². The maximum absolute atomic E-state index is 8.94. The van der Waals surface area contributed by atoms with E-state index in [0.29, 0.717) is 31.2 Å². The van der Waals surface area contributed by atoms with Crippen LogP contribution in [0.4, 0.5) is 0 Å². The van der Waals surface area contributed by atoms with Crippen molar-refractivity contribution in [3.8, 4) is 6.07 Å². The minimum absolute atomic E-state index is 0.350. The van der Waals surface area contributed by atoms with Crippen LogP contribution in [0.2, 0.25) is 0 Å². The van der Waals surface area contributed by atoms with Gasteiger partial charge in [0.15, 0.2) is 0 Å². The summed E-state index contributed by atoms with van der Waals surface area (Å²) in [5.41, 5.74) is 2.42. The molecule has 1 aromatic carbocycles. The van der Waals surface area contributed by atoms with Crippen molar-refractivity contribution < 1.29 is 4.74 Å². The average Bonchev–Trinajstić information content (AvgIpc) is 2.76. The Morgan fingerprint density at radius 3 is 3.00 bits per heavy atom. The summed E-state index contributed by atoms with van der Waals surface area (Å²) in [6.45, 7) is 3.96. The van der Waals surface area contributed by atoms with Crippen molar-refractivity contribution in [2.24, 2.45) is 0 Å². The summed E-state index contributed by atoms with van der Waals surface area (Å²) in [5, 5.41) is 8.94. The van der Waals surface area contributed by atoms with E-state index in [-0.39, 0.29) is 0 Å². The highest BCUT2D eigenvalue weighted by Gasteiger charge is 2.10. The van der Waals surface area contributed by atoms with Crippen molar-refractivity contribution in [3.05, 3.63) is 29.6 Å². The van der Waals surface area contributed by atoms with Gasteiger partial charge in [0.1, 0.15) is 5.82 Å². The minimum atomic E-state index is 0.350. The molecule has 2 aromatic rings. The number of halogens is 1. The monoisotopic (exact) mass is 263 g/mol. The molecule has 0 fully saturated rings. The summed E-state index contributed by atoms with van der Waals surface area (Å²) in [6.07, 6.45) is 0. The van der Waals surface area contributed by atoms with Gasteiger partial charge in [-0.2, -0.15) is 5.26 Å². The van der Waals surface area contributed by atoms with E-state index in [2.05, 4.69) is 11.1 Å². The van der Waals surface area contributed by atoms with Crippen LogP contribution in [-0.2, 0) is 17.2 Å². The molecule has 0 spiro atoms. The molecule has 94 valence electrons. The normalized spacial score (nSPS) is 10.7. The van der Waals surface area contributed by atoms with Gasteiger partial charge in [-0.1, -0.05) is 0 Å². The molecule has 0 unspecified atom stereocenters. The lowest BCUT2D eigenvalue weighted by Crippen LogP contribution is -2.08. The zero-order valence-electron chi connectivity index (χ0n) is 10.2. The first-order valence-corrected chi connectivity index (χ1v) is 6.36. The van der Waals surface area contributed by atoms with Crippen molar-refractivity contribution in [3.63, 3.8) is 0 Å². The summed E-state index contributed by atoms with van der Waals surface area (Å²) in [5.74, 6) is 1.16. The zero-order chi connectivity index (χ0) is 13.0. The number of aromatic nitrogens is 2. The third-order valence-corrected chi connectivity index (χ3v) is 2.98. The Morgan fingerprint density at radius 1 is 1.50 bits per heavy atom. The van der Waals surface area contributed by atoms with Crippen molar-refractivity contribution in [2.45, 2.75) is 19.3 Å². The highest BCUT2D eigenvalue weighted by molar-refractivity contribution is 6.16. The molecule has 0 bridgehead atoms. The summed E-state index contributed by atoms with van der Waals surface area (Å²) in [7, 11) is 0. The molecular weight excluding hydrogens is 250 g/mol. The van der Waals surface area contributed by atoms with E-state index in [1.165, 1.54) is 0 Å². The maximum Gasteiger partial charge on any atom is 0.124 e. The van der Waals surface area contributed by atoms with Crippen LogP contribution in [0.25, 0.3) is 11.0 Å². The Labute approximate surface area is 111 Å². The molecule has 0 saturated carbocycles. The van der Waals surface area contributed by atoms with Crippen LogP contribution >= 0.6 is 11.6 Å². The summed E-state index contributed by atoms with van der Waals surface area (Å²) in [6, 6.07) is 7.59. The molecule has 0 aliphatic carbocycles. The Bertz CT molecular complexity index is 586. The van der Waals surface area contributed by atoms with Gasteiger partial charge in [-0.15, -0.1) is 11.6 Å². The Hall–Kier alpha value is -1.57. The third-order valence-electron chi connectivity index (χ3n) is 2.74. The van der Waals surface area contributed by atoms with Crippen molar-refractivity contribution in [1.82, 2.24) is 9.55 Å². The van der Waals surface area contributed by atoms with Gasteiger partial charge in [0.2, 0.25) is 0 Å². The number of hydrogen-bond donors (Lipinski definition) is 0. The van der Waals surface area contributed by atoms with Gasteiger partial charge in [0, 0.05) is 13.2 Å². The Kier molecular flexibility index (Phi) is 4.19. The topological polar surface area (TPSA) is 50.8 Å². The van der Waals surface area contributed by atoms with Crippen LogP contribution < -0.4 is 0 Å². The summed E-state index contributed by atoms with van der Waals surface area (Å²) in [4.78, 5) is 4.45. The second kappa shape index (κ2) is 5.85. The van der Waals surface area contributed by atoms with E-state index in [9.17, 15) is 0 Å². The van der Waals surface area contributed by atoms with Crippen molar-refractivity contribution >= 4 is 22.6 Å². The quantitative estimate of drug-likeness (QED) is 0.616. The van der Waals surface area contributed by atoms with Crippen LogP contribution in [0, 0.1) is 11.3 Å². The number of ether oxygens (including phenoxy) is 1. The molecule has 0 radical (unpaired) electrons. The molecule has 4 nitrogen and oxygen atoms in total. The van der Waals surface area contributed by atoms with Crippen molar-refractivity contribution in [1.29, 1.82) is 5.26 Å². The van der Waals surface area contributed by atoms with Gasteiger partial charge in [-0.3, -0.25) is 0 Å². The van der Waals surface area contributed by atoms with Gasteiger partial charge >= 0.3 is 0 Å². The number of rotatable bonds is 5. The second-order valence-corrected chi connectivity index (χ2v) is 4.09. The number of alkyl halides is 1. The molecule has 1 aromatic heterocycles. The molecule has 2 rings (SSSR count). The lowest BCUT2D eigenvalue weighted by atomic mass is 10.2. The number of hydrogen-bond acceptors (Lipinski definition) is 3. The summed E-state index contributed by atoms with van der Waals surface area (Å²) < 4.78 is 7.37. The predicted molar refractivity (Wildman–Crippen MR) is 70.5 cm³/mol. The van der Waals surface area contributed by atoms with E-state index >= 15 is 0 Å². The first-order chi connectivity index (χ1) is 8.80. The molecule has 1 heterocycles. The zero-order valence-corrected chi connectivity index (χ0v) is 10.9. The molecule has 0 amide bonds. The number of benzene rings is 1. The smallest absolute Gasteiger partial charge is 0.124 e. The average molecular weight is 264 g/mol. The first kappa shape index (κ1) is 12.9. The van der Waals surface area contributed by atoms with Gasteiger partial charge in [-0.05, 0) is 25.1 Å². The van der Waals surface area contributed by atoms with Gasteiger partial charge in [-0.25, -0.2) is 4.98 Å². The van der Waals surface area contributed by atoms with E-state index < -0.39 is 0 Å². The highest BCUT2D eigenvalue weighted by atomic mass is 35.5. The lowest BCUT2D eigenvalue weighted by molar-refractivity contribution is 0.139. The van der Waals surface area contributed by atoms with Crippen molar-refractivity contribution in [2.75, 3.05) is 13.2 Å². The number of fused-ring (bicyclic) bond motifs is 1. The molecule has 0 N–H and O–H groups in total. The van der Waals surface area contributed by atoms with E-state index in [0.717, 1.165) is 16.9 Å². The van der Waals surface area contributed by atoms with Crippen LogP contribution in [-0.4, -0.2) is 22.8 Å². The molecule has 0 saturated heterocycles. The number of nitrogens with zero attached hydrogens (tertiary/aromatic N) is 3. The molecule has 5 heteroatoms. The first-order valence-electron chi connectivity index (χ1n) is 5.83. The fourth-order valence-corrected chi connectivity index (χ4v) is 2.10. The van der Waals surface area contributed by atoms with Crippen LogP contribution in [0.3, 0.4) is 0 Å². The molecule has 18 heavy (non-hydrogen) atoms. The minimum Gasteiger partial charge on any atom is -0.380 e. The second-order valence-electron chi connectivity index (χ2n) is 3.83. The largest absolute Gasteiger partial charge is 0.380 e. The number of imidazole rings is 1. The van der Waals surface area contributed by atoms with E-state index in [1.54, 1.807) is 6.07 Å². The Balaban J connectivity index is 2.42. The SMILES string of the molecule is CCOCCn1c(CCl)nc2ccc(C#N)cc21. The van der Waals surface area contributed by atoms with Crippen LogP contribution in [0.1, 0.15) is 18.3 Å². The maximum atomic E-state index is 8.94. The van der Waals surface area contributed by atoms with Gasteiger partial charge in [0.25, 0.3) is 0 Å². The fraction of sp³-hybridized carbons (Fsp3) is 0.385. The highest BCUT2D eigenvalue weighted by Crippen LogP contribution is 2.19. The van der Waals surface area contributed by atoms with Crippen LogP contribution in [0.15, 0.2) is 18.2 Å². The fourth-order valence-electron chi connectivity index (χ4n) is 1.89. The molecular formula is C13H14ClN3O. The van der Waals surface area contributed by atoms with E-state index in [1.807, 2.05) is 23.6 Å². The van der Waals surface area contributed by atoms with Gasteiger partial charge in [0.05, 0.1) is 35.2 Å². The molecule has 0 aliphatic heterocycles. The lowest BCUT2D eigenvalue weighted by Gasteiger charge is -2.07. The third kappa shape index (κ3) is 2.47. The molecule has 0 aliphatic rings. The molecule has 0 atom stereocenters. The van der Waals surface area contributed by atoms with E-state index in [4.69, 9.17) is 21.6 Å². The predicted octanol–water partition coefficient (Wildman–Crippen LogP) is 2.68. The Morgan fingerprint density at radius 2 is 2.33 bits per heavy atom.